The summed E-state index contributed by atoms with van der Waals surface area (Å²) in [4.78, 5) is 8.57. The Bertz CT molecular complexity index is 466. The van der Waals surface area contributed by atoms with Gasteiger partial charge < -0.3 is 4.74 Å². The molecule has 0 saturated heterocycles. The molecule has 0 amide bonds. The van der Waals surface area contributed by atoms with E-state index in [1.54, 1.807) is 0 Å². The van der Waals surface area contributed by atoms with Crippen LogP contribution in [0.5, 0.6) is 0 Å². The van der Waals surface area contributed by atoms with Gasteiger partial charge in [-0.15, -0.1) is 0 Å². The lowest BCUT2D eigenvalue weighted by molar-refractivity contribution is -0.173. The molecule has 0 N–H and O–H groups in total. The molecule has 2 rings (SSSR count). The van der Waals surface area contributed by atoms with Crippen LogP contribution in [0.3, 0.4) is 0 Å². The Labute approximate surface area is 120 Å². The minimum atomic E-state index is -4.30. The summed E-state index contributed by atoms with van der Waals surface area (Å²) in [6.07, 6.45) is 0.938. The fourth-order valence-electron chi connectivity index (χ4n) is 2.24. The predicted octanol–water partition coefficient (Wildman–Crippen LogP) is 3.52. The van der Waals surface area contributed by atoms with E-state index in [1.165, 1.54) is 0 Å². The minimum absolute atomic E-state index is 0.0609. The quantitative estimate of drug-likeness (QED) is 0.485. The Morgan fingerprint density at radius 1 is 1.10 bits per heavy atom. The Balaban J connectivity index is 1.96. The van der Waals surface area contributed by atoms with Crippen molar-refractivity contribution in [1.29, 1.82) is 0 Å². The number of rotatable bonds is 4. The van der Waals surface area contributed by atoms with Gasteiger partial charge in [0.05, 0.1) is 6.61 Å². The fourth-order valence-corrected chi connectivity index (χ4v) is 2.54. The van der Waals surface area contributed by atoms with Crippen LogP contribution in [-0.4, -0.2) is 29.4 Å². The Morgan fingerprint density at radius 2 is 1.85 bits per heavy atom. The lowest BCUT2D eigenvalue weighted by Gasteiger charge is -2.10. The van der Waals surface area contributed by atoms with Gasteiger partial charge in [-0.3, -0.25) is 0 Å². The van der Waals surface area contributed by atoms with Crippen molar-refractivity contribution >= 4 is 11.6 Å². The van der Waals surface area contributed by atoms with Crippen LogP contribution in [-0.2, 0) is 24.0 Å². The van der Waals surface area contributed by atoms with Crippen LogP contribution in [0, 0.1) is 0 Å². The van der Waals surface area contributed by atoms with Crippen LogP contribution in [0.1, 0.15) is 36.3 Å². The summed E-state index contributed by atoms with van der Waals surface area (Å²) in [7, 11) is 0. The summed E-state index contributed by atoms with van der Waals surface area (Å²) in [6.45, 7) is -1.31. The Kier molecular flexibility index (Phi) is 5.21. The number of aryl methyl sites for hydroxylation is 1. The maximum Gasteiger partial charge on any atom is 0.411 e. The average Bonchev–Trinajstić information content (AvgIpc) is 2.59. The van der Waals surface area contributed by atoms with Crippen LogP contribution >= 0.6 is 11.6 Å². The van der Waals surface area contributed by atoms with Crippen molar-refractivity contribution < 1.29 is 17.9 Å². The second-order valence-electron chi connectivity index (χ2n) is 4.83. The highest BCUT2D eigenvalue weighted by molar-refractivity contribution is 6.30. The van der Waals surface area contributed by atoms with Gasteiger partial charge >= 0.3 is 6.18 Å². The van der Waals surface area contributed by atoms with Crippen LogP contribution in [0.25, 0.3) is 0 Å². The third kappa shape index (κ3) is 4.59. The highest BCUT2D eigenvalue weighted by atomic mass is 35.5. The number of halogens is 4. The number of hydrogen-bond acceptors (Lipinski definition) is 3. The Morgan fingerprint density at radius 3 is 2.60 bits per heavy atom. The summed E-state index contributed by atoms with van der Waals surface area (Å²) in [6, 6.07) is 0. The second kappa shape index (κ2) is 6.72. The summed E-state index contributed by atoms with van der Waals surface area (Å²) in [5.74, 6) is 0.456. The summed E-state index contributed by atoms with van der Waals surface area (Å²) < 4.78 is 40.4. The molecule has 0 bridgehead atoms. The second-order valence-corrected chi connectivity index (χ2v) is 5.19. The van der Waals surface area contributed by atoms with Gasteiger partial charge in [0.2, 0.25) is 0 Å². The van der Waals surface area contributed by atoms with Crippen molar-refractivity contribution in [1.82, 2.24) is 9.97 Å². The van der Waals surface area contributed by atoms with Gasteiger partial charge in [0.25, 0.3) is 0 Å². The summed E-state index contributed by atoms with van der Waals surface area (Å²) >= 11 is 6.13. The smallest absolute Gasteiger partial charge is 0.372 e. The molecule has 1 heterocycles. The van der Waals surface area contributed by atoms with E-state index in [-0.39, 0.29) is 13.0 Å². The van der Waals surface area contributed by atoms with E-state index in [0.717, 1.165) is 43.4 Å². The fraction of sp³-hybridized carbons (Fsp3) is 0.692. The molecule has 0 atom stereocenters. The van der Waals surface area contributed by atoms with Crippen molar-refractivity contribution in [3.05, 3.63) is 22.2 Å². The standard InChI is InChI=1S/C13H16ClF3N2O/c14-12-9-4-2-1-3-5-10(9)18-11(19-12)6-7-20-8-13(15,16)17/h1-8H2. The minimum Gasteiger partial charge on any atom is -0.372 e. The largest absolute Gasteiger partial charge is 0.411 e. The molecule has 0 radical (unpaired) electrons. The molecule has 0 unspecified atom stereocenters. The molecule has 1 aliphatic rings. The number of fused-ring (bicyclic) bond motifs is 1. The van der Waals surface area contributed by atoms with Gasteiger partial charge in [-0.2, -0.15) is 13.2 Å². The first-order valence-electron chi connectivity index (χ1n) is 6.64. The zero-order valence-corrected chi connectivity index (χ0v) is 11.7. The van der Waals surface area contributed by atoms with Crippen molar-refractivity contribution in [3.63, 3.8) is 0 Å². The SMILES string of the molecule is FC(F)(F)COCCc1nc(Cl)c2c(n1)CCCCC2. The molecule has 20 heavy (non-hydrogen) atoms. The highest BCUT2D eigenvalue weighted by Gasteiger charge is 2.27. The zero-order valence-electron chi connectivity index (χ0n) is 11.0. The average molecular weight is 309 g/mol. The number of aromatic nitrogens is 2. The first-order valence-corrected chi connectivity index (χ1v) is 7.02. The molecule has 1 aromatic rings. The molecule has 7 heteroatoms. The lowest BCUT2D eigenvalue weighted by Crippen LogP contribution is -2.18. The van der Waals surface area contributed by atoms with Crippen LogP contribution in [0.15, 0.2) is 0 Å². The number of ether oxygens (including phenoxy) is 1. The van der Waals surface area contributed by atoms with Gasteiger partial charge in [0.15, 0.2) is 0 Å². The first-order chi connectivity index (χ1) is 9.46. The van der Waals surface area contributed by atoms with E-state index in [1.807, 2.05) is 0 Å². The van der Waals surface area contributed by atoms with Crippen molar-refractivity contribution in [2.24, 2.45) is 0 Å². The number of hydrogen-bond donors (Lipinski definition) is 0. The maximum absolute atomic E-state index is 11.9. The third-order valence-electron chi connectivity index (χ3n) is 3.16. The van der Waals surface area contributed by atoms with E-state index in [9.17, 15) is 13.2 Å². The van der Waals surface area contributed by atoms with Gasteiger partial charge in [-0.05, 0) is 25.7 Å². The zero-order chi connectivity index (χ0) is 14.6. The topological polar surface area (TPSA) is 35.0 Å². The van der Waals surface area contributed by atoms with Gasteiger partial charge in [0.1, 0.15) is 17.6 Å². The van der Waals surface area contributed by atoms with Gasteiger partial charge in [-0.1, -0.05) is 18.0 Å². The molecule has 0 aromatic carbocycles. The van der Waals surface area contributed by atoms with Crippen molar-refractivity contribution in [2.45, 2.75) is 44.7 Å². The predicted molar refractivity (Wildman–Crippen MR) is 68.9 cm³/mol. The molecule has 0 saturated carbocycles. The van der Waals surface area contributed by atoms with Crippen molar-refractivity contribution in [2.75, 3.05) is 13.2 Å². The van der Waals surface area contributed by atoms with Gasteiger partial charge in [0, 0.05) is 17.7 Å². The van der Waals surface area contributed by atoms with Crippen molar-refractivity contribution in [3.8, 4) is 0 Å². The lowest BCUT2D eigenvalue weighted by atomic mass is 10.1. The summed E-state index contributed by atoms with van der Waals surface area (Å²) in [5.41, 5.74) is 1.93. The maximum atomic E-state index is 11.9. The van der Waals surface area contributed by atoms with Crippen LogP contribution in [0.4, 0.5) is 13.2 Å². The molecule has 1 aromatic heterocycles. The Hall–Kier alpha value is -0.880. The number of alkyl halides is 3. The molecular formula is C13H16ClF3N2O. The van der Waals surface area contributed by atoms with Crippen LogP contribution < -0.4 is 0 Å². The molecule has 0 fully saturated rings. The molecule has 3 nitrogen and oxygen atoms in total. The monoisotopic (exact) mass is 308 g/mol. The normalized spacial score (nSPS) is 15.8. The molecule has 1 aliphatic carbocycles. The summed E-state index contributed by atoms with van der Waals surface area (Å²) in [5, 5.41) is 0.433. The molecule has 112 valence electrons. The first kappa shape index (κ1) is 15.5. The van der Waals surface area contributed by atoms with E-state index in [2.05, 4.69) is 14.7 Å². The van der Waals surface area contributed by atoms with E-state index in [4.69, 9.17) is 11.6 Å². The molecular weight excluding hydrogens is 293 g/mol. The van der Waals surface area contributed by atoms with Gasteiger partial charge in [-0.25, -0.2) is 9.97 Å². The molecule has 0 aliphatic heterocycles. The van der Waals surface area contributed by atoms with E-state index < -0.39 is 12.8 Å². The van der Waals surface area contributed by atoms with E-state index in [0.29, 0.717) is 11.0 Å². The van der Waals surface area contributed by atoms with E-state index >= 15 is 0 Å². The molecule has 0 spiro atoms. The number of nitrogens with zero attached hydrogens (tertiary/aromatic N) is 2. The van der Waals surface area contributed by atoms with Crippen LogP contribution in [0.2, 0.25) is 5.15 Å². The third-order valence-corrected chi connectivity index (χ3v) is 3.48. The highest BCUT2D eigenvalue weighted by Crippen LogP contribution is 2.24.